The predicted octanol–water partition coefficient (Wildman–Crippen LogP) is 3.84. The largest absolute Gasteiger partial charge is 0.462 e. The van der Waals surface area contributed by atoms with Crippen molar-refractivity contribution in [3.05, 3.63) is 72.3 Å². The predicted molar refractivity (Wildman–Crippen MR) is 102 cm³/mol. The molecule has 0 aromatic heterocycles. The summed E-state index contributed by atoms with van der Waals surface area (Å²) < 4.78 is 31.9. The number of fused-ring (bicyclic) bond motifs is 1. The van der Waals surface area contributed by atoms with E-state index in [1.807, 2.05) is 36.4 Å². The van der Waals surface area contributed by atoms with Gasteiger partial charge in [0, 0.05) is 7.05 Å². The van der Waals surface area contributed by atoms with E-state index in [0.717, 1.165) is 10.8 Å². The van der Waals surface area contributed by atoms with Crippen LogP contribution in [-0.4, -0.2) is 28.0 Å². The summed E-state index contributed by atoms with van der Waals surface area (Å²) in [7, 11) is -2.22. The van der Waals surface area contributed by atoms with E-state index in [1.54, 1.807) is 13.0 Å². The van der Waals surface area contributed by atoms with Crippen LogP contribution in [0.4, 0.5) is 5.69 Å². The summed E-state index contributed by atoms with van der Waals surface area (Å²) in [6, 6.07) is 19.0. The summed E-state index contributed by atoms with van der Waals surface area (Å²) in [4.78, 5) is 11.8. The van der Waals surface area contributed by atoms with Crippen molar-refractivity contribution >= 4 is 32.5 Å². The molecule has 3 rings (SSSR count). The van der Waals surface area contributed by atoms with Gasteiger partial charge in [-0.1, -0.05) is 30.3 Å². The molecule has 26 heavy (non-hydrogen) atoms. The van der Waals surface area contributed by atoms with Crippen molar-refractivity contribution in [3.63, 3.8) is 0 Å². The summed E-state index contributed by atoms with van der Waals surface area (Å²) in [5, 5.41) is 2.01. The van der Waals surface area contributed by atoms with Crippen molar-refractivity contribution in [3.8, 4) is 0 Å². The molecule has 0 N–H and O–H groups in total. The molecule has 0 saturated carbocycles. The summed E-state index contributed by atoms with van der Waals surface area (Å²) in [5.74, 6) is -0.473. The Balaban J connectivity index is 1.91. The number of rotatable bonds is 5. The molecule has 0 heterocycles. The van der Waals surface area contributed by atoms with Gasteiger partial charge < -0.3 is 4.74 Å². The first-order valence-electron chi connectivity index (χ1n) is 8.18. The van der Waals surface area contributed by atoms with Gasteiger partial charge in [-0.05, 0) is 54.1 Å². The van der Waals surface area contributed by atoms with Crippen LogP contribution in [0.1, 0.15) is 17.3 Å². The minimum absolute atomic E-state index is 0.112. The highest BCUT2D eigenvalue weighted by molar-refractivity contribution is 7.92. The molecule has 0 spiro atoms. The molecule has 0 aliphatic carbocycles. The standard InChI is InChI=1S/C20H19NO4S/c1-3-25-20(22)16-9-12-19(13-10-16)26(23,24)21(2)18-11-8-15-6-4-5-7-17(15)14-18/h4-14H,3H2,1-2H3. The summed E-state index contributed by atoms with van der Waals surface area (Å²) >= 11 is 0. The topological polar surface area (TPSA) is 63.7 Å². The Kier molecular flexibility index (Phi) is 4.95. The normalized spacial score (nSPS) is 11.3. The van der Waals surface area contributed by atoms with E-state index in [-0.39, 0.29) is 11.5 Å². The number of anilines is 1. The minimum atomic E-state index is -3.73. The lowest BCUT2D eigenvalue weighted by Crippen LogP contribution is -2.26. The number of hydrogen-bond donors (Lipinski definition) is 0. The Hall–Kier alpha value is -2.86. The van der Waals surface area contributed by atoms with Crippen LogP contribution in [0.5, 0.6) is 0 Å². The lowest BCUT2D eigenvalue weighted by atomic mass is 10.1. The highest BCUT2D eigenvalue weighted by Gasteiger charge is 2.22. The first-order valence-corrected chi connectivity index (χ1v) is 9.62. The van der Waals surface area contributed by atoms with E-state index in [2.05, 4.69) is 0 Å². The molecule has 0 radical (unpaired) electrons. The number of esters is 1. The van der Waals surface area contributed by atoms with E-state index in [1.165, 1.54) is 35.6 Å². The van der Waals surface area contributed by atoms with Crippen molar-refractivity contribution in [2.24, 2.45) is 0 Å². The fourth-order valence-electron chi connectivity index (χ4n) is 2.65. The summed E-state index contributed by atoms with van der Waals surface area (Å²) in [6.07, 6.45) is 0. The number of benzene rings is 3. The van der Waals surface area contributed by atoms with Crippen LogP contribution in [-0.2, 0) is 14.8 Å². The van der Waals surface area contributed by atoms with Gasteiger partial charge in [0.05, 0.1) is 22.8 Å². The lowest BCUT2D eigenvalue weighted by molar-refractivity contribution is 0.0526. The molecule has 0 unspecified atom stereocenters. The van der Waals surface area contributed by atoms with Gasteiger partial charge in [-0.2, -0.15) is 0 Å². The molecule has 0 bridgehead atoms. The zero-order chi connectivity index (χ0) is 18.7. The molecule has 134 valence electrons. The quantitative estimate of drug-likeness (QED) is 0.641. The maximum Gasteiger partial charge on any atom is 0.338 e. The second-order valence-corrected chi connectivity index (χ2v) is 7.72. The Labute approximate surface area is 152 Å². The van der Waals surface area contributed by atoms with Gasteiger partial charge in [-0.3, -0.25) is 4.31 Å². The van der Waals surface area contributed by atoms with Crippen molar-refractivity contribution in [2.45, 2.75) is 11.8 Å². The number of sulfonamides is 1. The van der Waals surface area contributed by atoms with Crippen LogP contribution in [0, 0.1) is 0 Å². The van der Waals surface area contributed by atoms with E-state index in [9.17, 15) is 13.2 Å². The van der Waals surface area contributed by atoms with Crippen molar-refractivity contribution < 1.29 is 17.9 Å². The number of ether oxygens (including phenoxy) is 1. The number of hydrogen-bond acceptors (Lipinski definition) is 4. The lowest BCUT2D eigenvalue weighted by Gasteiger charge is -2.20. The van der Waals surface area contributed by atoms with Gasteiger partial charge in [0.1, 0.15) is 0 Å². The summed E-state index contributed by atoms with van der Waals surface area (Å²) in [5.41, 5.74) is 0.886. The molecular formula is C20H19NO4S. The van der Waals surface area contributed by atoms with Crippen LogP contribution < -0.4 is 4.31 Å². The van der Waals surface area contributed by atoms with Crippen LogP contribution in [0.2, 0.25) is 0 Å². The fourth-order valence-corrected chi connectivity index (χ4v) is 3.83. The maximum atomic E-state index is 12.9. The number of nitrogens with zero attached hydrogens (tertiary/aromatic N) is 1. The van der Waals surface area contributed by atoms with Gasteiger partial charge >= 0.3 is 5.97 Å². The first kappa shape index (κ1) is 17.9. The SMILES string of the molecule is CCOC(=O)c1ccc(S(=O)(=O)N(C)c2ccc3ccccc3c2)cc1. The molecule has 0 saturated heterocycles. The van der Waals surface area contributed by atoms with Gasteiger partial charge in [0.25, 0.3) is 10.0 Å². The van der Waals surface area contributed by atoms with Gasteiger partial charge in [0.2, 0.25) is 0 Å². The minimum Gasteiger partial charge on any atom is -0.462 e. The Morgan fingerprint density at radius 1 is 0.962 bits per heavy atom. The maximum absolute atomic E-state index is 12.9. The third kappa shape index (κ3) is 3.41. The highest BCUT2D eigenvalue weighted by Crippen LogP contribution is 2.26. The van der Waals surface area contributed by atoms with E-state index >= 15 is 0 Å². The molecule has 0 amide bonds. The third-order valence-corrected chi connectivity index (χ3v) is 5.92. The highest BCUT2D eigenvalue weighted by atomic mass is 32.2. The molecule has 0 aliphatic rings. The van der Waals surface area contributed by atoms with Crippen molar-refractivity contribution in [2.75, 3.05) is 18.0 Å². The number of carbonyl (C=O) groups excluding carboxylic acids is 1. The van der Waals surface area contributed by atoms with E-state index < -0.39 is 16.0 Å². The van der Waals surface area contributed by atoms with Crippen LogP contribution in [0.3, 0.4) is 0 Å². The zero-order valence-corrected chi connectivity index (χ0v) is 15.4. The molecule has 0 fully saturated rings. The second-order valence-electron chi connectivity index (χ2n) is 5.75. The molecule has 3 aromatic rings. The van der Waals surface area contributed by atoms with Crippen LogP contribution in [0.25, 0.3) is 10.8 Å². The van der Waals surface area contributed by atoms with Gasteiger partial charge in [-0.15, -0.1) is 0 Å². The molecule has 6 heteroatoms. The average Bonchev–Trinajstić information content (AvgIpc) is 2.67. The first-order chi connectivity index (χ1) is 12.4. The monoisotopic (exact) mass is 369 g/mol. The zero-order valence-electron chi connectivity index (χ0n) is 14.5. The Bertz CT molecular complexity index is 1040. The molecule has 0 aliphatic heterocycles. The average molecular weight is 369 g/mol. The molecule has 5 nitrogen and oxygen atoms in total. The van der Waals surface area contributed by atoms with E-state index in [0.29, 0.717) is 11.3 Å². The smallest absolute Gasteiger partial charge is 0.338 e. The number of carbonyl (C=O) groups is 1. The Morgan fingerprint density at radius 3 is 2.27 bits per heavy atom. The molecular weight excluding hydrogens is 350 g/mol. The van der Waals surface area contributed by atoms with Crippen molar-refractivity contribution in [1.82, 2.24) is 0 Å². The fraction of sp³-hybridized carbons (Fsp3) is 0.150. The van der Waals surface area contributed by atoms with Gasteiger partial charge in [-0.25, -0.2) is 13.2 Å². The van der Waals surface area contributed by atoms with Crippen LogP contribution in [0.15, 0.2) is 71.6 Å². The Morgan fingerprint density at radius 2 is 1.62 bits per heavy atom. The molecule has 0 atom stereocenters. The molecule has 3 aromatic carbocycles. The third-order valence-electron chi connectivity index (χ3n) is 4.12. The van der Waals surface area contributed by atoms with Gasteiger partial charge in [0.15, 0.2) is 0 Å². The summed E-state index contributed by atoms with van der Waals surface area (Å²) in [6.45, 7) is 1.98. The van der Waals surface area contributed by atoms with Crippen LogP contribution >= 0.6 is 0 Å². The van der Waals surface area contributed by atoms with E-state index in [4.69, 9.17) is 4.74 Å². The van der Waals surface area contributed by atoms with Crippen molar-refractivity contribution in [1.29, 1.82) is 0 Å². The second kappa shape index (κ2) is 7.17.